The van der Waals surface area contributed by atoms with Crippen LogP contribution in [0.4, 0.5) is 0 Å². The number of allylic oxidation sites excluding steroid dienone is 1. The van der Waals surface area contributed by atoms with Crippen LogP contribution in [0.5, 0.6) is 0 Å². The number of nitrogens with zero attached hydrogens (tertiary/aromatic N) is 1. The van der Waals surface area contributed by atoms with Crippen molar-refractivity contribution in [2.24, 2.45) is 0 Å². The monoisotopic (exact) mass is 408 g/mol. The van der Waals surface area contributed by atoms with E-state index in [4.69, 9.17) is 0 Å². The number of benzene rings is 4. The van der Waals surface area contributed by atoms with Crippen molar-refractivity contribution in [3.63, 3.8) is 0 Å². The highest BCUT2D eigenvalue weighted by molar-refractivity contribution is 6.30. The minimum absolute atomic E-state index is 1.10. The van der Waals surface area contributed by atoms with Crippen LogP contribution in [0.25, 0.3) is 66.2 Å². The minimum atomic E-state index is 1.10. The van der Waals surface area contributed by atoms with Gasteiger partial charge in [-0.25, -0.2) is 0 Å². The summed E-state index contributed by atoms with van der Waals surface area (Å²) in [4.78, 5) is 3.79. The molecule has 1 aliphatic carbocycles. The molecule has 1 aliphatic rings. The third-order valence-electron chi connectivity index (χ3n) is 7.32. The Morgan fingerprint density at radius 2 is 1.59 bits per heavy atom. The van der Waals surface area contributed by atoms with Crippen LogP contribution in [0.3, 0.4) is 0 Å². The van der Waals surface area contributed by atoms with E-state index in [-0.39, 0.29) is 0 Å². The van der Waals surface area contributed by atoms with Crippen molar-refractivity contribution >= 4 is 55.1 Å². The molecule has 32 heavy (non-hydrogen) atoms. The van der Waals surface area contributed by atoms with E-state index in [0.29, 0.717) is 0 Å². The number of H-pyrrole nitrogens is 1. The lowest BCUT2D eigenvalue weighted by Crippen LogP contribution is -1.96. The highest BCUT2D eigenvalue weighted by atomic mass is 14.9. The minimum Gasteiger partial charge on any atom is -0.354 e. The Kier molecular flexibility index (Phi) is 3.01. The fourth-order valence-electron chi connectivity index (χ4n) is 5.95. The summed E-state index contributed by atoms with van der Waals surface area (Å²) in [6.07, 6.45) is 6.88. The van der Waals surface area contributed by atoms with Gasteiger partial charge in [0.1, 0.15) is 0 Å². The molecule has 1 N–H and O–H groups in total. The summed E-state index contributed by atoms with van der Waals surface area (Å²) in [5, 5.41) is 6.68. The quantitative estimate of drug-likeness (QED) is 0.284. The maximum atomic E-state index is 3.79. The van der Waals surface area contributed by atoms with E-state index in [1.165, 1.54) is 71.4 Å². The van der Waals surface area contributed by atoms with E-state index >= 15 is 0 Å². The number of aromatic amines is 1. The average molecular weight is 409 g/mol. The lowest BCUT2D eigenvalue weighted by Gasteiger charge is -2.07. The normalized spacial score (nSPS) is 13.9. The fourth-order valence-corrected chi connectivity index (χ4v) is 5.95. The van der Waals surface area contributed by atoms with Gasteiger partial charge in [-0.3, -0.25) is 0 Å². The first-order valence-electron chi connectivity index (χ1n) is 11.4. The number of para-hydroxylation sites is 1. The maximum absolute atomic E-state index is 3.79. The van der Waals surface area contributed by atoms with Gasteiger partial charge in [-0.1, -0.05) is 66.7 Å². The third-order valence-corrected chi connectivity index (χ3v) is 7.32. The van der Waals surface area contributed by atoms with E-state index in [2.05, 4.69) is 100 Å². The third kappa shape index (κ3) is 1.95. The number of hydrogen-bond donors (Lipinski definition) is 1. The number of fused-ring (bicyclic) bond motifs is 10. The van der Waals surface area contributed by atoms with E-state index in [9.17, 15) is 0 Å². The van der Waals surface area contributed by atoms with E-state index in [0.717, 1.165) is 12.8 Å². The molecule has 3 heterocycles. The summed E-state index contributed by atoms with van der Waals surface area (Å²) >= 11 is 0. The number of hydrogen-bond acceptors (Lipinski definition) is 0. The molecule has 4 aromatic carbocycles. The summed E-state index contributed by atoms with van der Waals surface area (Å²) in [6.45, 7) is 0. The Morgan fingerprint density at radius 3 is 2.53 bits per heavy atom. The van der Waals surface area contributed by atoms with Crippen molar-refractivity contribution in [2.45, 2.75) is 12.8 Å². The first-order valence-corrected chi connectivity index (χ1v) is 11.4. The van der Waals surface area contributed by atoms with Crippen LogP contribution >= 0.6 is 0 Å². The van der Waals surface area contributed by atoms with Crippen LogP contribution in [-0.4, -0.2) is 9.38 Å². The van der Waals surface area contributed by atoms with Gasteiger partial charge in [0.05, 0.1) is 16.6 Å². The summed E-state index contributed by atoms with van der Waals surface area (Å²) in [6, 6.07) is 28.8. The van der Waals surface area contributed by atoms with Gasteiger partial charge in [-0.15, -0.1) is 0 Å². The second-order valence-corrected chi connectivity index (χ2v) is 8.98. The Morgan fingerprint density at radius 1 is 0.719 bits per heavy atom. The molecule has 0 saturated carbocycles. The van der Waals surface area contributed by atoms with Gasteiger partial charge < -0.3 is 9.38 Å². The van der Waals surface area contributed by atoms with E-state index < -0.39 is 0 Å². The molecule has 0 atom stereocenters. The molecule has 3 aromatic heterocycles. The number of aryl methyl sites for hydroxylation is 1. The lowest BCUT2D eigenvalue weighted by molar-refractivity contribution is 0.926. The van der Waals surface area contributed by atoms with Crippen molar-refractivity contribution in [1.29, 1.82) is 0 Å². The van der Waals surface area contributed by atoms with Crippen LogP contribution in [0.2, 0.25) is 0 Å². The SMILES string of the molecule is C1=Cc2c(n3c4ccccc4c4c5[nH]c6ccc(-c7ccccc7)cc6c5cc2c43)CC1. The van der Waals surface area contributed by atoms with E-state index in [1.807, 2.05) is 0 Å². The van der Waals surface area contributed by atoms with Gasteiger partial charge in [0.15, 0.2) is 0 Å². The predicted octanol–water partition coefficient (Wildman–Crippen LogP) is 7.94. The molecule has 0 radical (unpaired) electrons. The summed E-state index contributed by atoms with van der Waals surface area (Å²) in [7, 11) is 0. The molecule has 0 aliphatic heterocycles. The Bertz CT molecular complexity index is 1860. The molecule has 0 spiro atoms. The number of rotatable bonds is 1. The Balaban J connectivity index is 1.59. The molecule has 0 unspecified atom stereocenters. The van der Waals surface area contributed by atoms with Gasteiger partial charge in [-0.2, -0.15) is 0 Å². The lowest BCUT2D eigenvalue weighted by atomic mass is 9.98. The zero-order valence-electron chi connectivity index (χ0n) is 17.5. The molecule has 7 aromatic rings. The molecular formula is C30H20N2. The molecule has 2 nitrogen and oxygen atoms in total. The molecule has 0 saturated heterocycles. The van der Waals surface area contributed by atoms with Gasteiger partial charge in [0.25, 0.3) is 0 Å². The Labute approximate surface area is 184 Å². The summed E-state index contributed by atoms with van der Waals surface area (Å²) in [5.41, 5.74) is 10.5. The zero-order chi connectivity index (χ0) is 20.8. The second-order valence-electron chi connectivity index (χ2n) is 8.98. The van der Waals surface area contributed by atoms with Crippen LogP contribution in [-0.2, 0) is 6.42 Å². The van der Waals surface area contributed by atoms with Gasteiger partial charge in [-0.05, 0) is 48.2 Å². The fraction of sp³-hybridized carbons (Fsp3) is 0.0667. The van der Waals surface area contributed by atoms with Gasteiger partial charge in [0, 0.05) is 43.7 Å². The van der Waals surface area contributed by atoms with Crippen molar-refractivity contribution in [1.82, 2.24) is 9.38 Å². The molecule has 0 fully saturated rings. The molecular weight excluding hydrogens is 388 g/mol. The van der Waals surface area contributed by atoms with Crippen molar-refractivity contribution in [3.8, 4) is 11.1 Å². The van der Waals surface area contributed by atoms with Crippen LogP contribution in [0, 0.1) is 0 Å². The van der Waals surface area contributed by atoms with E-state index in [1.54, 1.807) is 0 Å². The smallest absolute Gasteiger partial charge is 0.0638 e. The van der Waals surface area contributed by atoms with Crippen LogP contribution < -0.4 is 0 Å². The summed E-state index contributed by atoms with van der Waals surface area (Å²) in [5.74, 6) is 0. The zero-order valence-corrected chi connectivity index (χ0v) is 17.5. The largest absolute Gasteiger partial charge is 0.354 e. The topological polar surface area (TPSA) is 20.2 Å². The standard InChI is InChI=1S/C30H20N2/c1-2-8-18(9-3-1)19-14-15-25-22(16-19)23-17-24-20-10-4-6-12-26(20)32-27-13-7-5-11-21(27)28(30(24)32)29(23)31-25/h1-5,7-11,13-17,31H,6,12H2. The van der Waals surface area contributed by atoms with Crippen molar-refractivity contribution in [3.05, 3.63) is 96.2 Å². The van der Waals surface area contributed by atoms with Crippen LogP contribution in [0.1, 0.15) is 17.7 Å². The summed E-state index contributed by atoms with van der Waals surface area (Å²) < 4.78 is 2.53. The van der Waals surface area contributed by atoms with Crippen molar-refractivity contribution in [2.75, 3.05) is 0 Å². The average Bonchev–Trinajstić information content (AvgIpc) is 3.50. The molecule has 8 rings (SSSR count). The highest BCUT2D eigenvalue weighted by Crippen LogP contribution is 2.45. The number of nitrogens with one attached hydrogen (secondary N) is 1. The highest BCUT2D eigenvalue weighted by Gasteiger charge is 2.24. The predicted molar refractivity (Wildman–Crippen MR) is 136 cm³/mol. The molecule has 0 amide bonds. The first kappa shape index (κ1) is 16.6. The molecule has 2 heteroatoms. The molecule has 150 valence electrons. The maximum Gasteiger partial charge on any atom is 0.0638 e. The second kappa shape index (κ2) is 5.80. The van der Waals surface area contributed by atoms with Gasteiger partial charge in [0.2, 0.25) is 0 Å². The molecule has 0 bridgehead atoms. The van der Waals surface area contributed by atoms with Crippen molar-refractivity contribution < 1.29 is 0 Å². The van der Waals surface area contributed by atoms with Gasteiger partial charge >= 0.3 is 0 Å². The van der Waals surface area contributed by atoms with Crippen LogP contribution in [0.15, 0.2) is 84.9 Å². The number of aromatic nitrogens is 2. The first-order chi connectivity index (χ1) is 15.9. The Hall–Kier alpha value is -4.04.